The van der Waals surface area contributed by atoms with Crippen LogP contribution in [0, 0.1) is 0 Å². The lowest BCUT2D eigenvalue weighted by molar-refractivity contribution is 0.116. The molecule has 0 radical (unpaired) electrons. The molecule has 0 saturated carbocycles. The molecule has 0 unspecified atom stereocenters. The summed E-state index contributed by atoms with van der Waals surface area (Å²) < 4.78 is 6.80. The molecule has 1 aromatic rings. The van der Waals surface area contributed by atoms with Gasteiger partial charge < -0.3 is 4.74 Å². The molecule has 0 spiro atoms. The SMILES string of the molecule is BrCCCCCCOCc1ccsc1Br. The highest BCUT2D eigenvalue weighted by Crippen LogP contribution is 2.23. The van der Waals surface area contributed by atoms with E-state index >= 15 is 0 Å². The number of alkyl halides is 1. The van der Waals surface area contributed by atoms with Crippen molar-refractivity contribution in [2.24, 2.45) is 0 Å². The number of hydrogen-bond acceptors (Lipinski definition) is 2. The summed E-state index contributed by atoms with van der Waals surface area (Å²) in [4.78, 5) is 0. The third-order valence-electron chi connectivity index (χ3n) is 2.12. The van der Waals surface area contributed by atoms with Gasteiger partial charge in [0.05, 0.1) is 10.4 Å². The zero-order chi connectivity index (χ0) is 10.9. The molecule has 0 aliphatic rings. The van der Waals surface area contributed by atoms with E-state index in [4.69, 9.17) is 4.74 Å². The molecule has 0 aliphatic heterocycles. The fourth-order valence-corrected chi connectivity index (χ4v) is 2.85. The van der Waals surface area contributed by atoms with Crippen molar-refractivity contribution in [3.63, 3.8) is 0 Å². The van der Waals surface area contributed by atoms with Crippen LogP contribution in [0.25, 0.3) is 0 Å². The number of thiophene rings is 1. The van der Waals surface area contributed by atoms with Crippen molar-refractivity contribution in [3.8, 4) is 0 Å². The summed E-state index contributed by atoms with van der Waals surface area (Å²) in [5, 5.41) is 3.20. The summed E-state index contributed by atoms with van der Waals surface area (Å²) in [7, 11) is 0. The Morgan fingerprint density at radius 2 is 2.00 bits per heavy atom. The van der Waals surface area contributed by atoms with Crippen molar-refractivity contribution >= 4 is 43.2 Å². The highest BCUT2D eigenvalue weighted by atomic mass is 79.9. The third-order valence-corrected chi connectivity index (χ3v) is 4.50. The molecule has 0 N–H and O–H groups in total. The van der Waals surface area contributed by atoms with Gasteiger partial charge in [0, 0.05) is 17.5 Å². The van der Waals surface area contributed by atoms with Crippen LogP contribution in [0.15, 0.2) is 15.2 Å². The van der Waals surface area contributed by atoms with Crippen LogP contribution in [-0.2, 0) is 11.3 Å². The van der Waals surface area contributed by atoms with Crippen LogP contribution in [-0.4, -0.2) is 11.9 Å². The second-order valence-corrected chi connectivity index (χ2v) is 6.40. The van der Waals surface area contributed by atoms with E-state index in [1.807, 2.05) is 0 Å². The molecule has 1 nitrogen and oxygen atoms in total. The predicted molar refractivity (Wildman–Crippen MR) is 73.9 cm³/mol. The van der Waals surface area contributed by atoms with Gasteiger partial charge in [0.2, 0.25) is 0 Å². The molecule has 15 heavy (non-hydrogen) atoms. The van der Waals surface area contributed by atoms with Crippen LogP contribution >= 0.6 is 43.2 Å². The summed E-state index contributed by atoms with van der Waals surface area (Å²) in [6, 6.07) is 2.11. The monoisotopic (exact) mass is 354 g/mol. The van der Waals surface area contributed by atoms with E-state index in [-0.39, 0.29) is 0 Å². The van der Waals surface area contributed by atoms with E-state index in [1.54, 1.807) is 11.3 Å². The van der Waals surface area contributed by atoms with Gasteiger partial charge in [0.1, 0.15) is 0 Å². The number of hydrogen-bond donors (Lipinski definition) is 0. The average Bonchev–Trinajstić information content (AvgIpc) is 2.63. The molecule has 0 atom stereocenters. The molecule has 4 heteroatoms. The van der Waals surface area contributed by atoms with E-state index in [2.05, 4.69) is 43.3 Å². The van der Waals surface area contributed by atoms with Gasteiger partial charge in [-0.25, -0.2) is 0 Å². The van der Waals surface area contributed by atoms with Crippen molar-refractivity contribution in [2.75, 3.05) is 11.9 Å². The zero-order valence-corrected chi connectivity index (χ0v) is 12.7. The molecule has 0 fully saturated rings. The minimum Gasteiger partial charge on any atom is -0.377 e. The van der Waals surface area contributed by atoms with Gasteiger partial charge in [-0.2, -0.15) is 0 Å². The Bertz CT molecular complexity index is 263. The van der Waals surface area contributed by atoms with Crippen molar-refractivity contribution in [2.45, 2.75) is 32.3 Å². The number of halogens is 2. The first kappa shape index (κ1) is 13.7. The number of rotatable bonds is 8. The van der Waals surface area contributed by atoms with Crippen molar-refractivity contribution in [1.82, 2.24) is 0 Å². The van der Waals surface area contributed by atoms with Crippen LogP contribution in [0.1, 0.15) is 31.2 Å². The Balaban J connectivity index is 1.96. The second-order valence-electron chi connectivity index (χ2n) is 3.38. The largest absolute Gasteiger partial charge is 0.377 e. The fraction of sp³-hybridized carbons (Fsp3) is 0.636. The maximum atomic E-state index is 5.60. The number of ether oxygens (including phenoxy) is 1. The lowest BCUT2D eigenvalue weighted by Gasteiger charge is -2.03. The molecule has 1 aromatic heterocycles. The van der Waals surface area contributed by atoms with E-state index in [0.717, 1.165) is 18.5 Å². The maximum Gasteiger partial charge on any atom is 0.0753 e. The van der Waals surface area contributed by atoms with Crippen molar-refractivity contribution in [3.05, 3.63) is 20.8 Å². The van der Waals surface area contributed by atoms with Crippen molar-refractivity contribution in [1.29, 1.82) is 0 Å². The molecule has 0 saturated heterocycles. The van der Waals surface area contributed by atoms with Gasteiger partial charge in [0.25, 0.3) is 0 Å². The summed E-state index contributed by atoms with van der Waals surface area (Å²) in [6.45, 7) is 1.62. The Labute approximate surface area is 112 Å². The van der Waals surface area contributed by atoms with Crippen LogP contribution < -0.4 is 0 Å². The topological polar surface area (TPSA) is 9.23 Å². The average molecular weight is 356 g/mol. The first-order valence-electron chi connectivity index (χ1n) is 5.20. The third kappa shape index (κ3) is 6.05. The molecule has 0 amide bonds. The van der Waals surface area contributed by atoms with E-state index in [9.17, 15) is 0 Å². The highest BCUT2D eigenvalue weighted by molar-refractivity contribution is 9.11. The minimum atomic E-state index is 0.739. The molecule has 1 rings (SSSR count). The lowest BCUT2D eigenvalue weighted by Crippen LogP contribution is -1.95. The molecule has 0 bridgehead atoms. The Morgan fingerprint density at radius 3 is 2.67 bits per heavy atom. The molecule has 0 aliphatic carbocycles. The van der Waals surface area contributed by atoms with Crippen molar-refractivity contribution < 1.29 is 4.74 Å². The van der Waals surface area contributed by atoms with Gasteiger partial charge in [-0.15, -0.1) is 11.3 Å². The minimum absolute atomic E-state index is 0.739. The first-order valence-corrected chi connectivity index (χ1v) is 7.99. The summed E-state index contributed by atoms with van der Waals surface area (Å²) in [5.74, 6) is 0. The number of unbranched alkanes of at least 4 members (excludes halogenated alkanes) is 3. The normalized spacial score (nSPS) is 10.8. The highest BCUT2D eigenvalue weighted by Gasteiger charge is 2.00. The van der Waals surface area contributed by atoms with E-state index in [1.165, 1.54) is 35.0 Å². The second kappa shape index (κ2) is 8.74. The predicted octanol–water partition coefficient (Wildman–Crippen LogP) is 4.98. The summed E-state index contributed by atoms with van der Waals surface area (Å²) in [6.07, 6.45) is 5.03. The molecular formula is C11H16Br2OS. The molecule has 0 aromatic carbocycles. The molecule has 86 valence electrons. The Hall–Kier alpha value is 0.620. The molecule has 1 heterocycles. The Morgan fingerprint density at radius 1 is 1.20 bits per heavy atom. The summed E-state index contributed by atoms with van der Waals surface area (Å²) in [5.41, 5.74) is 1.26. The fourth-order valence-electron chi connectivity index (χ4n) is 1.26. The van der Waals surface area contributed by atoms with Gasteiger partial charge >= 0.3 is 0 Å². The van der Waals surface area contributed by atoms with Crippen LogP contribution in [0.3, 0.4) is 0 Å². The first-order chi connectivity index (χ1) is 7.34. The van der Waals surface area contributed by atoms with Crippen LogP contribution in [0.5, 0.6) is 0 Å². The quantitative estimate of drug-likeness (QED) is 0.471. The van der Waals surface area contributed by atoms with E-state index in [0.29, 0.717) is 0 Å². The van der Waals surface area contributed by atoms with Gasteiger partial charge in [-0.3, -0.25) is 0 Å². The van der Waals surface area contributed by atoms with Gasteiger partial charge in [0.15, 0.2) is 0 Å². The van der Waals surface area contributed by atoms with Gasteiger partial charge in [-0.1, -0.05) is 28.8 Å². The maximum absolute atomic E-state index is 5.60. The standard InChI is InChI=1S/C11H16Br2OS/c12-6-3-1-2-4-7-14-9-10-5-8-15-11(10)13/h5,8H,1-4,6-7,9H2. The molecular weight excluding hydrogens is 340 g/mol. The lowest BCUT2D eigenvalue weighted by atomic mass is 10.2. The smallest absolute Gasteiger partial charge is 0.0753 e. The van der Waals surface area contributed by atoms with Gasteiger partial charge in [-0.05, 0) is 40.2 Å². The summed E-state index contributed by atoms with van der Waals surface area (Å²) >= 11 is 8.64. The van der Waals surface area contributed by atoms with Crippen LogP contribution in [0.4, 0.5) is 0 Å². The van der Waals surface area contributed by atoms with E-state index < -0.39 is 0 Å². The Kier molecular flexibility index (Phi) is 7.97. The zero-order valence-electron chi connectivity index (χ0n) is 8.68. The van der Waals surface area contributed by atoms with Crippen LogP contribution in [0.2, 0.25) is 0 Å².